The van der Waals surface area contributed by atoms with Crippen molar-refractivity contribution in [2.45, 2.75) is 13.3 Å². The Hall–Kier alpha value is -1.60. The Balaban J connectivity index is 2.54. The van der Waals surface area contributed by atoms with Crippen molar-refractivity contribution < 1.29 is 13.2 Å². The lowest BCUT2D eigenvalue weighted by Gasteiger charge is -2.08. The Morgan fingerprint density at radius 3 is 2.67 bits per heavy atom. The van der Waals surface area contributed by atoms with Crippen molar-refractivity contribution in [3.8, 4) is 0 Å². The van der Waals surface area contributed by atoms with Crippen molar-refractivity contribution >= 4 is 21.6 Å². The first-order valence-corrected chi connectivity index (χ1v) is 7.16. The third-order valence-corrected chi connectivity index (χ3v) is 3.32. The number of aryl methyl sites for hydroxylation is 1. The van der Waals surface area contributed by atoms with Crippen LogP contribution in [0.2, 0.25) is 0 Å². The van der Waals surface area contributed by atoms with Gasteiger partial charge in [-0.2, -0.15) is 0 Å². The number of amides is 1. The summed E-state index contributed by atoms with van der Waals surface area (Å²) in [5, 5.41) is 7.45. The molecule has 0 aliphatic rings. The number of nitrogens with two attached hydrogens (primary N) is 2. The lowest BCUT2D eigenvalue weighted by Crippen LogP contribution is -2.28. The summed E-state index contributed by atoms with van der Waals surface area (Å²) in [6.07, 6.45) is 0.274. The highest BCUT2D eigenvalue weighted by Crippen LogP contribution is 2.15. The molecular weight excluding hydrogens is 254 g/mol. The molecule has 1 amide bonds. The minimum absolute atomic E-state index is 0.156. The Kier molecular flexibility index (Phi) is 4.69. The van der Waals surface area contributed by atoms with Gasteiger partial charge in [0.25, 0.3) is 5.91 Å². The molecule has 0 saturated carbocycles. The number of carbonyl (C=O) groups excluding carboxylic acids is 1. The van der Waals surface area contributed by atoms with E-state index >= 15 is 0 Å². The van der Waals surface area contributed by atoms with Gasteiger partial charge in [-0.25, -0.2) is 13.6 Å². The van der Waals surface area contributed by atoms with Crippen molar-refractivity contribution in [3.63, 3.8) is 0 Å². The number of hydrogen-bond donors (Lipinski definition) is 3. The van der Waals surface area contributed by atoms with E-state index in [0.29, 0.717) is 11.3 Å². The first-order chi connectivity index (χ1) is 8.31. The Morgan fingerprint density at radius 2 is 2.06 bits per heavy atom. The van der Waals surface area contributed by atoms with Crippen LogP contribution in [0, 0.1) is 6.92 Å². The quantitative estimate of drug-likeness (QED) is 0.515. The summed E-state index contributed by atoms with van der Waals surface area (Å²) in [6.45, 7) is 2.05. The Bertz CT molecular complexity index is 540. The molecule has 18 heavy (non-hydrogen) atoms. The van der Waals surface area contributed by atoms with Crippen LogP contribution >= 0.6 is 0 Å². The van der Waals surface area contributed by atoms with Crippen LogP contribution in [0.1, 0.15) is 22.3 Å². The third-order valence-electron chi connectivity index (χ3n) is 2.46. The van der Waals surface area contributed by atoms with Crippen LogP contribution in [-0.2, 0) is 10.0 Å². The maximum Gasteiger partial charge on any atom is 0.253 e. The number of hydrogen-bond acceptors (Lipinski definition) is 4. The highest BCUT2D eigenvalue weighted by atomic mass is 32.2. The van der Waals surface area contributed by atoms with E-state index in [-0.39, 0.29) is 24.6 Å². The number of benzene rings is 1. The highest BCUT2D eigenvalue weighted by Gasteiger charge is 2.10. The Morgan fingerprint density at radius 1 is 1.39 bits per heavy atom. The van der Waals surface area contributed by atoms with E-state index in [1.807, 2.05) is 13.0 Å². The number of nitrogen functional groups attached to an aromatic ring is 1. The molecule has 1 aromatic carbocycles. The van der Waals surface area contributed by atoms with Gasteiger partial charge in [-0.05, 0) is 25.0 Å². The normalized spacial score (nSPS) is 11.2. The zero-order valence-electron chi connectivity index (χ0n) is 10.1. The molecule has 0 radical (unpaired) electrons. The zero-order chi connectivity index (χ0) is 13.8. The standard InChI is InChI=1S/C11H17N3O3S/c1-8-4-2-5-9(10(8)12)11(15)14-6-3-7-18(13,16)17/h2,4-5H,3,6-7,12H2,1H3,(H,14,15)(H2,13,16,17). The van der Waals surface area contributed by atoms with Gasteiger partial charge in [-0.1, -0.05) is 12.1 Å². The monoisotopic (exact) mass is 271 g/mol. The van der Waals surface area contributed by atoms with E-state index in [0.717, 1.165) is 5.56 Å². The fourth-order valence-electron chi connectivity index (χ4n) is 1.45. The third kappa shape index (κ3) is 4.34. The van der Waals surface area contributed by atoms with Crippen LogP contribution < -0.4 is 16.2 Å². The second kappa shape index (κ2) is 5.83. The van der Waals surface area contributed by atoms with Crippen molar-refractivity contribution in [1.82, 2.24) is 5.32 Å². The summed E-state index contributed by atoms with van der Waals surface area (Å²) in [7, 11) is -3.48. The molecular formula is C11H17N3O3S. The van der Waals surface area contributed by atoms with Crippen LogP contribution in [0.25, 0.3) is 0 Å². The molecule has 5 N–H and O–H groups in total. The minimum atomic E-state index is -3.48. The molecule has 0 atom stereocenters. The average molecular weight is 271 g/mol. The van der Waals surface area contributed by atoms with Crippen molar-refractivity contribution in [2.24, 2.45) is 5.14 Å². The molecule has 6 nitrogen and oxygen atoms in total. The predicted molar refractivity (Wildman–Crippen MR) is 70.5 cm³/mol. The summed E-state index contributed by atoms with van der Waals surface area (Å²) >= 11 is 0. The molecule has 1 rings (SSSR count). The van der Waals surface area contributed by atoms with Crippen molar-refractivity contribution in [2.75, 3.05) is 18.0 Å². The topological polar surface area (TPSA) is 115 Å². The number of para-hydroxylation sites is 1. The van der Waals surface area contributed by atoms with Crippen LogP contribution in [-0.4, -0.2) is 26.6 Å². The first-order valence-electron chi connectivity index (χ1n) is 5.45. The molecule has 0 heterocycles. The Labute approximate surface area is 106 Å². The smallest absolute Gasteiger partial charge is 0.253 e. The van der Waals surface area contributed by atoms with Crippen LogP contribution in [0.15, 0.2) is 18.2 Å². The number of anilines is 1. The molecule has 0 aromatic heterocycles. The van der Waals surface area contributed by atoms with Gasteiger partial charge in [0, 0.05) is 12.2 Å². The van der Waals surface area contributed by atoms with Crippen LogP contribution in [0.5, 0.6) is 0 Å². The second-order valence-electron chi connectivity index (χ2n) is 4.01. The fraction of sp³-hybridized carbons (Fsp3) is 0.364. The molecule has 0 aliphatic heterocycles. The lowest BCUT2D eigenvalue weighted by atomic mass is 10.1. The first kappa shape index (κ1) is 14.5. The zero-order valence-corrected chi connectivity index (χ0v) is 11.0. The molecule has 0 bridgehead atoms. The van der Waals surface area contributed by atoms with E-state index in [1.165, 1.54) is 0 Å². The number of rotatable bonds is 5. The molecule has 1 aromatic rings. The van der Waals surface area contributed by atoms with Gasteiger partial charge in [0.15, 0.2) is 0 Å². The van der Waals surface area contributed by atoms with Gasteiger partial charge >= 0.3 is 0 Å². The van der Waals surface area contributed by atoms with Crippen molar-refractivity contribution in [1.29, 1.82) is 0 Å². The number of carbonyl (C=O) groups is 1. The highest BCUT2D eigenvalue weighted by molar-refractivity contribution is 7.89. The summed E-state index contributed by atoms with van der Waals surface area (Å²) in [5.41, 5.74) is 7.43. The van der Waals surface area contributed by atoms with E-state index in [9.17, 15) is 13.2 Å². The number of primary sulfonamides is 1. The van der Waals surface area contributed by atoms with E-state index < -0.39 is 10.0 Å². The van der Waals surface area contributed by atoms with Gasteiger partial charge in [-0.3, -0.25) is 4.79 Å². The molecule has 0 unspecified atom stereocenters. The largest absolute Gasteiger partial charge is 0.398 e. The predicted octanol–water partition coefficient (Wildman–Crippen LogP) is -0.0144. The maximum atomic E-state index is 11.8. The summed E-state index contributed by atoms with van der Waals surface area (Å²) in [4.78, 5) is 11.8. The average Bonchev–Trinajstić information content (AvgIpc) is 2.26. The lowest BCUT2D eigenvalue weighted by molar-refractivity contribution is 0.0954. The van der Waals surface area contributed by atoms with E-state index in [2.05, 4.69) is 5.32 Å². The SMILES string of the molecule is Cc1cccc(C(=O)NCCCS(N)(=O)=O)c1N. The molecule has 0 fully saturated rings. The molecule has 0 saturated heterocycles. The van der Waals surface area contributed by atoms with Gasteiger partial charge in [0.2, 0.25) is 10.0 Å². The van der Waals surface area contributed by atoms with Crippen molar-refractivity contribution in [3.05, 3.63) is 29.3 Å². The summed E-state index contributed by atoms with van der Waals surface area (Å²) in [5.74, 6) is -0.470. The fourth-order valence-corrected chi connectivity index (χ4v) is 2.00. The van der Waals surface area contributed by atoms with E-state index in [1.54, 1.807) is 12.1 Å². The summed E-state index contributed by atoms with van der Waals surface area (Å²) < 4.78 is 21.4. The maximum absolute atomic E-state index is 11.8. The van der Waals surface area contributed by atoms with Crippen LogP contribution in [0.3, 0.4) is 0 Å². The van der Waals surface area contributed by atoms with Gasteiger partial charge in [0.05, 0.1) is 11.3 Å². The molecule has 7 heteroatoms. The number of nitrogens with one attached hydrogen (secondary N) is 1. The molecule has 0 spiro atoms. The summed E-state index contributed by atoms with van der Waals surface area (Å²) in [6, 6.07) is 5.18. The molecule has 100 valence electrons. The minimum Gasteiger partial charge on any atom is -0.398 e. The van der Waals surface area contributed by atoms with Gasteiger partial charge < -0.3 is 11.1 Å². The number of sulfonamides is 1. The van der Waals surface area contributed by atoms with Crippen LogP contribution in [0.4, 0.5) is 5.69 Å². The van der Waals surface area contributed by atoms with Gasteiger partial charge in [-0.15, -0.1) is 0 Å². The van der Waals surface area contributed by atoms with E-state index in [4.69, 9.17) is 10.9 Å². The molecule has 0 aliphatic carbocycles. The second-order valence-corrected chi connectivity index (χ2v) is 5.75. The van der Waals surface area contributed by atoms with Gasteiger partial charge in [0.1, 0.15) is 0 Å².